The van der Waals surface area contributed by atoms with Crippen molar-refractivity contribution in [1.82, 2.24) is 5.06 Å². The van der Waals surface area contributed by atoms with Crippen LogP contribution in [0.4, 0.5) is 0 Å². The number of nitroso groups, excluding NO2 is 1. The average Bonchev–Trinajstić information content (AvgIpc) is 1.94. The second kappa shape index (κ2) is 2.93. The third-order valence-corrected chi connectivity index (χ3v) is 1.05. The Kier molecular flexibility index (Phi) is 1.96. The summed E-state index contributed by atoms with van der Waals surface area (Å²) in [7, 11) is 0. The van der Waals surface area contributed by atoms with Crippen molar-refractivity contribution in [2.24, 2.45) is 5.18 Å². The van der Waals surface area contributed by atoms with Gasteiger partial charge in [-0.25, -0.2) is 5.06 Å². The summed E-state index contributed by atoms with van der Waals surface area (Å²) in [4.78, 5) is 9.70. The number of rotatable bonds is 1. The van der Waals surface area contributed by atoms with E-state index < -0.39 is 0 Å². The molecule has 10 heavy (non-hydrogen) atoms. The van der Waals surface area contributed by atoms with Gasteiger partial charge in [-0.05, 0) is 17.3 Å². The van der Waals surface area contributed by atoms with E-state index in [0.717, 1.165) is 11.3 Å². The van der Waals surface area contributed by atoms with Crippen molar-refractivity contribution in [1.29, 1.82) is 0 Å². The van der Waals surface area contributed by atoms with Crippen molar-refractivity contribution in [2.45, 2.75) is 0 Å². The summed E-state index contributed by atoms with van der Waals surface area (Å²) in [5.41, 5.74) is 0.359. The highest BCUT2D eigenvalue weighted by Crippen LogP contribution is 2.08. The zero-order valence-electron chi connectivity index (χ0n) is 5.14. The molecule has 0 unspecified atom stereocenters. The van der Waals surface area contributed by atoms with Crippen LogP contribution in [0.1, 0.15) is 0 Å². The summed E-state index contributed by atoms with van der Waals surface area (Å²) in [5, 5.41) is 12.3. The van der Waals surface area contributed by atoms with Gasteiger partial charge < -0.3 is 0 Å². The molecule has 52 valence electrons. The highest BCUT2D eigenvalue weighted by atomic mass is 16.5. The Morgan fingerprint density at radius 1 is 1.60 bits per heavy atom. The van der Waals surface area contributed by atoms with Crippen molar-refractivity contribution in [3.63, 3.8) is 0 Å². The highest BCUT2D eigenvalue weighted by Gasteiger charge is 2.00. The van der Waals surface area contributed by atoms with Gasteiger partial charge >= 0.3 is 0 Å². The quantitative estimate of drug-likeness (QED) is 0.556. The SMILES string of the molecule is O=N/C=C1/C=CC=CN1O. The first-order chi connectivity index (χ1) is 4.84. The number of allylic oxidation sites excluding steroid dienone is 3. The summed E-state index contributed by atoms with van der Waals surface area (Å²) in [6, 6.07) is 0. The average molecular weight is 138 g/mol. The fraction of sp³-hybridized carbons (Fsp3) is 0. The molecule has 0 fully saturated rings. The summed E-state index contributed by atoms with van der Waals surface area (Å²) in [5.74, 6) is 0. The lowest BCUT2D eigenvalue weighted by Crippen LogP contribution is -2.10. The van der Waals surface area contributed by atoms with Crippen LogP contribution in [0.3, 0.4) is 0 Å². The largest absolute Gasteiger partial charge is 0.284 e. The Hall–Kier alpha value is -1.42. The fourth-order valence-corrected chi connectivity index (χ4v) is 0.604. The van der Waals surface area contributed by atoms with E-state index in [1.165, 1.54) is 6.20 Å². The molecule has 0 aliphatic carbocycles. The molecule has 0 bridgehead atoms. The summed E-state index contributed by atoms with van der Waals surface area (Å²) in [6.07, 6.45) is 7.35. The van der Waals surface area contributed by atoms with Crippen LogP contribution in [0.2, 0.25) is 0 Å². The molecule has 1 rings (SSSR count). The van der Waals surface area contributed by atoms with E-state index in [1.807, 2.05) is 0 Å². The van der Waals surface area contributed by atoms with E-state index >= 15 is 0 Å². The van der Waals surface area contributed by atoms with Gasteiger partial charge in [0, 0.05) is 6.20 Å². The lowest BCUT2D eigenvalue weighted by Gasteiger charge is -2.13. The van der Waals surface area contributed by atoms with E-state index in [2.05, 4.69) is 5.18 Å². The highest BCUT2D eigenvalue weighted by molar-refractivity contribution is 5.25. The first-order valence-corrected chi connectivity index (χ1v) is 2.70. The van der Waals surface area contributed by atoms with E-state index in [0.29, 0.717) is 5.70 Å². The molecule has 0 aromatic heterocycles. The second-order valence-electron chi connectivity index (χ2n) is 1.70. The molecule has 1 heterocycles. The maximum atomic E-state index is 9.70. The topological polar surface area (TPSA) is 52.9 Å². The predicted octanol–water partition coefficient (Wildman–Crippen LogP) is 1.37. The smallest absolute Gasteiger partial charge is 0.0976 e. The molecule has 0 aromatic rings. The molecule has 0 radical (unpaired) electrons. The molecule has 1 aliphatic rings. The van der Waals surface area contributed by atoms with Crippen LogP contribution in [0.25, 0.3) is 0 Å². The molecule has 1 N–H and O–H groups in total. The van der Waals surface area contributed by atoms with Crippen molar-refractivity contribution in [2.75, 3.05) is 0 Å². The Labute approximate surface area is 57.7 Å². The lowest BCUT2D eigenvalue weighted by atomic mass is 10.3. The van der Waals surface area contributed by atoms with Gasteiger partial charge in [0.2, 0.25) is 0 Å². The molecule has 0 saturated carbocycles. The van der Waals surface area contributed by atoms with E-state index in [-0.39, 0.29) is 0 Å². The lowest BCUT2D eigenvalue weighted by molar-refractivity contribution is -0.000478. The van der Waals surface area contributed by atoms with Gasteiger partial charge in [-0.15, -0.1) is 4.91 Å². The van der Waals surface area contributed by atoms with Crippen LogP contribution in [0.5, 0.6) is 0 Å². The Bertz CT molecular complexity index is 218. The third-order valence-electron chi connectivity index (χ3n) is 1.05. The van der Waals surface area contributed by atoms with E-state index in [9.17, 15) is 4.91 Å². The summed E-state index contributed by atoms with van der Waals surface area (Å²) >= 11 is 0. The second-order valence-corrected chi connectivity index (χ2v) is 1.70. The first-order valence-electron chi connectivity index (χ1n) is 2.70. The van der Waals surface area contributed by atoms with Gasteiger partial charge in [-0.3, -0.25) is 5.21 Å². The van der Waals surface area contributed by atoms with Crippen LogP contribution in [0, 0.1) is 4.91 Å². The maximum Gasteiger partial charge on any atom is 0.0976 e. The summed E-state index contributed by atoms with van der Waals surface area (Å²) < 4.78 is 0. The number of hydrogen-bond donors (Lipinski definition) is 1. The van der Waals surface area contributed by atoms with Gasteiger partial charge in [-0.2, -0.15) is 0 Å². The van der Waals surface area contributed by atoms with Crippen molar-refractivity contribution >= 4 is 0 Å². The Balaban J connectivity index is 2.79. The minimum atomic E-state index is 0.359. The van der Waals surface area contributed by atoms with E-state index in [4.69, 9.17) is 5.21 Å². The molecule has 4 heteroatoms. The summed E-state index contributed by atoms with van der Waals surface area (Å²) in [6.45, 7) is 0. The fourth-order valence-electron chi connectivity index (χ4n) is 0.604. The molecule has 0 aromatic carbocycles. The minimum absolute atomic E-state index is 0.359. The van der Waals surface area contributed by atoms with Crippen LogP contribution < -0.4 is 0 Å². The van der Waals surface area contributed by atoms with Gasteiger partial charge in [-0.1, -0.05) is 6.08 Å². The molecule has 0 atom stereocenters. The van der Waals surface area contributed by atoms with Crippen LogP contribution in [0.15, 0.2) is 41.5 Å². The van der Waals surface area contributed by atoms with Crippen LogP contribution >= 0.6 is 0 Å². The molecular formula is C6H6N2O2. The van der Waals surface area contributed by atoms with Gasteiger partial charge in [0.05, 0.1) is 11.9 Å². The predicted molar refractivity (Wildman–Crippen MR) is 35.8 cm³/mol. The number of nitrogens with zero attached hydrogens (tertiary/aromatic N) is 2. The Morgan fingerprint density at radius 3 is 3.00 bits per heavy atom. The standard InChI is InChI=1S/C6H6N2O2/c9-7-5-6-3-1-2-4-8(6)10/h1-5,10H/b6-5-. The maximum absolute atomic E-state index is 9.70. The van der Waals surface area contributed by atoms with E-state index in [1.54, 1.807) is 18.2 Å². The van der Waals surface area contributed by atoms with Crippen LogP contribution in [-0.2, 0) is 0 Å². The zero-order chi connectivity index (χ0) is 7.40. The molecule has 0 amide bonds. The van der Waals surface area contributed by atoms with Crippen molar-refractivity contribution in [3.8, 4) is 0 Å². The van der Waals surface area contributed by atoms with Crippen molar-refractivity contribution < 1.29 is 5.21 Å². The molecular weight excluding hydrogens is 132 g/mol. The minimum Gasteiger partial charge on any atom is -0.284 e. The zero-order valence-corrected chi connectivity index (χ0v) is 5.14. The molecule has 1 aliphatic heterocycles. The van der Waals surface area contributed by atoms with Gasteiger partial charge in [0.1, 0.15) is 0 Å². The third kappa shape index (κ3) is 1.29. The van der Waals surface area contributed by atoms with Gasteiger partial charge in [0.15, 0.2) is 0 Å². The molecule has 0 saturated heterocycles. The normalized spacial score (nSPS) is 20.1. The monoisotopic (exact) mass is 138 g/mol. The van der Waals surface area contributed by atoms with Crippen molar-refractivity contribution in [3.05, 3.63) is 41.2 Å². The number of hydrogen-bond acceptors (Lipinski definition) is 4. The molecule has 0 spiro atoms. The van der Waals surface area contributed by atoms with Gasteiger partial charge in [0.25, 0.3) is 0 Å². The molecule has 4 nitrogen and oxygen atoms in total. The van der Waals surface area contributed by atoms with Crippen LogP contribution in [-0.4, -0.2) is 10.3 Å². The first kappa shape index (κ1) is 6.70. The Morgan fingerprint density at radius 2 is 2.40 bits per heavy atom. The number of hydroxylamine groups is 2.